The van der Waals surface area contributed by atoms with Gasteiger partial charge in [0.25, 0.3) is 0 Å². The molecule has 1 rings (SSSR count). The van der Waals surface area contributed by atoms with Gasteiger partial charge in [-0.2, -0.15) is 0 Å². The largest absolute Gasteiger partial charge is 0.316 e. The second kappa shape index (κ2) is 9.99. The first-order valence-electron chi connectivity index (χ1n) is 9.03. The van der Waals surface area contributed by atoms with Crippen LogP contribution in [-0.2, 0) is 19.3 Å². The van der Waals surface area contributed by atoms with Crippen molar-refractivity contribution >= 4 is 0 Å². The lowest BCUT2D eigenvalue weighted by Gasteiger charge is -2.18. The summed E-state index contributed by atoms with van der Waals surface area (Å²) in [7, 11) is 0. The van der Waals surface area contributed by atoms with Gasteiger partial charge >= 0.3 is 0 Å². The van der Waals surface area contributed by atoms with Crippen LogP contribution in [0.15, 0.2) is 0 Å². The van der Waals surface area contributed by atoms with Crippen LogP contribution in [0.2, 0.25) is 0 Å². The molecule has 0 spiro atoms. The Morgan fingerprint density at radius 1 is 0.905 bits per heavy atom. The smallest absolute Gasteiger partial charge is 0.110 e. The number of hydrogen-bond donors (Lipinski definition) is 1. The minimum absolute atomic E-state index is 0.0894. The maximum absolute atomic E-state index is 6.40. The Balaban J connectivity index is 3.12. The molecule has 0 aliphatic heterocycles. The second-order valence-corrected chi connectivity index (χ2v) is 6.08. The van der Waals surface area contributed by atoms with Gasteiger partial charge in [-0.3, -0.25) is 0 Å². The highest BCUT2D eigenvalue weighted by molar-refractivity contribution is 5.19. The monoisotopic (exact) mass is 293 g/mol. The maximum Gasteiger partial charge on any atom is 0.110 e. The Kier molecular flexibility index (Phi) is 8.67. The van der Waals surface area contributed by atoms with Crippen LogP contribution >= 0.6 is 0 Å². The molecule has 122 valence electrons. The molecule has 3 nitrogen and oxygen atoms in total. The number of unbranched alkanes of at least 4 members (excludes halogenated alkanes) is 3. The lowest BCUT2D eigenvalue weighted by atomic mass is 10.1. The molecule has 1 atom stereocenters. The van der Waals surface area contributed by atoms with Crippen molar-refractivity contribution in [1.82, 2.24) is 9.55 Å². The molecule has 0 bridgehead atoms. The summed E-state index contributed by atoms with van der Waals surface area (Å²) in [6.07, 6.45) is 11.7. The average Bonchev–Trinajstić information content (AvgIpc) is 2.85. The van der Waals surface area contributed by atoms with Crippen molar-refractivity contribution in [2.75, 3.05) is 0 Å². The highest BCUT2D eigenvalue weighted by Crippen LogP contribution is 2.22. The number of nitrogens with zero attached hydrogens (tertiary/aromatic N) is 2. The van der Waals surface area contributed by atoms with E-state index in [1.54, 1.807) is 0 Å². The molecular formula is C18H35N3. The van der Waals surface area contributed by atoms with E-state index in [9.17, 15) is 0 Å². The summed E-state index contributed by atoms with van der Waals surface area (Å²) in [5.74, 6) is 1.23. The molecule has 2 N–H and O–H groups in total. The van der Waals surface area contributed by atoms with Crippen molar-refractivity contribution in [2.45, 2.75) is 98.1 Å². The van der Waals surface area contributed by atoms with Crippen molar-refractivity contribution in [2.24, 2.45) is 5.73 Å². The van der Waals surface area contributed by atoms with Gasteiger partial charge < -0.3 is 10.3 Å². The summed E-state index contributed by atoms with van der Waals surface area (Å²) in [5.41, 5.74) is 9.15. The topological polar surface area (TPSA) is 43.8 Å². The summed E-state index contributed by atoms with van der Waals surface area (Å²) < 4.78 is 2.37. The third kappa shape index (κ3) is 5.14. The van der Waals surface area contributed by atoms with Crippen molar-refractivity contribution in [3.63, 3.8) is 0 Å². The zero-order valence-electron chi connectivity index (χ0n) is 14.6. The van der Waals surface area contributed by atoms with E-state index in [0.29, 0.717) is 0 Å². The first kappa shape index (κ1) is 18.2. The quantitative estimate of drug-likeness (QED) is 0.638. The minimum Gasteiger partial charge on any atom is -0.316 e. The molecule has 0 fully saturated rings. The lowest BCUT2D eigenvalue weighted by Crippen LogP contribution is -2.22. The summed E-state index contributed by atoms with van der Waals surface area (Å²) in [6.45, 7) is 8.91. The molecule has 0 aliphatic rings. The van der Waals surface area contributed by atoms with Crippen LogP contribution < -0.4 is 5.73 Å². The number of aromatic nitrogens is 2. The van der Waals surface area contributed by atoms with Crippen LogP contribution in [0.1, 0.15) is 96.0 Å². The molecule has 0 aliphatic carbocycles. The van der Waals surface area contributed by atoms with Crippen molar-refractivity contribution in [3.05, 3.63) is 17.2 Å². The van der Waals surface area contributed by atoms with Gasteiger partial charge in [-0.15, -0.1) is 0 Å². The van der Waals surface area contributed by atoms with E-state index < -0.39 is 0 Å². The van der Waals surface area contributed by atoms with Crippen LogP contribution in [0.3, 0.4) is 0 Å². The number of hydrogen-bond acceptors (Lipinski definition) is 2. The molecule has 3 heteroatoms. The number of rotatable bonds is 11. The van der Waals surface area contributed by atoms with E-state index in [1.165, 1.54) is 55.7 Å². The van der Waals surface area contributed by atoms with Gasteiger partial charge in [-0.1, -0.05) is 47.0 Å². The van der Waals surface area contributed by atoms with Crippen LogP contribution in [0.25, 0.3) is 0 Å². The molecule has 1 unspecified atom stereocenters. The van der Waals surface area contributed by atoms with Gasteiger partial charge in [-0.05, 0) is 38.5 Å². The zero-order chi connectivity index (χ0) is 15.7. The highest BCUT2D eigenvalue weighted by Gasteiger charge is 2.19. The Morgan fingerprint density at radius 3 is 2.05 bits per heavy atom. The predicted molar refractivity (Wildman–Crippen MR) is 91.6 cm³/mol. The number of imidazole rings is 1. The Labute approximate surface area is 131 Å². The average molecular weight is 293 g/mol. The highest BCUT2D eigenvalue weighted by atomic mass is 15.2. The predicted octanol–water partition coefficient (Wildman–Crippen LogP) is 4.78. The fraction of sp³-hybridized carbons (Fsp3) is 0.833. The second-order valence-electron chi connectivity index (χ2n) is 6.08. The fourth-order valence-electron chi connectivity index (χ4n) is 2.81. The van der Waals surface area contributed by atoms with Crippen LogP contribution in [0, 0.1) is 0 Å². The molecule has 0 amide bonds. The zero-order valence-corrected chi connectivity index (χ0v) is 14.6. The first-order chi connectivity index (χ1) is 10.2. The van der Waals surface area contributed by atoms with Gasteiger partial charge in [0.15, 0.2) is 0 Å². The molecular weight excluding hydrogens is 258 g/mol. The molecule has 1 aromatic heterocycles. The van der Waals surface area contributed by atoms with Crippen molar-refractivity contribution in [3.8, 4) is 0 Å². The first-order valence-corrected chi connectivity index (χ1v) is 9.03. The maximum atomic E-state index is 6.40. The molecule has 21 heavy (non-hydrogen) atoms. The molecule has 0 radical (unpaired) electrons. The van der Waals surface area contributed by atoms with Crippen LogP contribution in [0.5, 0.6) is 0 Å². The van der Waals surface area contributed by atoms with E-state index in [4.69, 9.17) is 10.7 Å². The van der Waals surface area contributed by atoms with Crippen molar-refractivity contribution in [1.29, 1.82) is 0 Å². The molecule has 0 saturated heterocycles. The van der Waals surface area contributed by atoms with Gasteiger partial charge in [0.2, 0.25) is 0 Å². The number of aryl methyl sites for hydroxylation is 2. The Bertz CT molecular complexity index is 395. The summed E-state index contributed by atoms with van der Waals surface area (Å²) >= 11 is 0. The van der Waals surface area contributed by atoms with E-state index in [1.807, 2.05) is 0 Å². The van der Waals surface area contributed by atoms with Gasteiger partial charge in [0.1, 0.15) is 5.82 Å². The summed E-state index contributed by atoms with van der Waals surface area (Å²) in [4.78, 5) is 4.99. The Hall–Kier alpha value is -0.830. The molecule has 1 aromatic rings. The standard InChI is InChI=1S/C18H35N3/c1-5-9-12-15-16(13-10-6-2)21(17(19)8-4)18(20-15)14-11-7-3/h17H,5-14,19H2,1-4H3. The molecule has 1 heterocycles. The van der Waals surface area contributed by atoms with Crippen LogP contribution in [-0.4, -0.2) is 9.55 Å². The van der Waals surface area contributed by atoms with Gasteiger partial charge in [-0.25, -0.2) is 4.98 Å². The van der Waals surface area contributed by atoms with Crippen molar-refractivity contribution < 1.29 is 0 Å². The number of nitrogens with two attached hydrogens (primary N) is 1. The molecule has 0 aromatic carbocycles. The van der Waals surface area contributed by atoms with E-state index in [-0.39, 0.29) is 6.17 Å². The summed E-state index contributed by atoms with van der Waals surface area (Å²) in [5, 5.41) is 0. The third-order valence-corrected chi connectivity index (χ3v) is 4.20. The SMILES string of the molecule is CCCCc1nc(CCCC)n(C(N)CC)c1CCCC. The molecule has 0 saturated carbocycles. The normalized spacial score (nSPS) is 12.8. The van der Waals surface area contributed by atoms with E-state index in [2.05, 4.69) is 32.3 Å². The van der Waals surface area contributed by atoms with Gasteiger partial charge in [0, 0.05) is 12.1 Å². The third-order valence-electron chi connectivity index (χ3n) is 4.20. The lowest BCUT2D eigenvalue weighted by molar-refractivity contribution is 0.463. The van der Waals surface area contributed by atoms with E-state index >= 15 is 0 Å². The minimum atomic E-state index is 0.0894. The van der Waals surface area contributed by atoms with Crippen LogP contribution in [0.4, 0.5) is 0 Å². The van der Waals surface area contributed by atoms with E-state index in [0.717, 1.165) is 25.7 Å². The Morgan fingerprint density at radius 2 is 1.48 bits per heavy atom. The summed E-state index contributed by atoms with van der Waals surface area (Å²) in [6, 6.07) is 0. The fourth-order valence-corrected chi connectivity index (χ4v) is 2.81. The van der Waals surface area contributed by atoms with Gasteiger partial charge in [0.05, 0.1) is 11.9 Å².